The van der Waals surface area contributed by atoms with Crippen molar-refractivity contribution in [1.82, 2.24) is 4.72 Å². The van der Waals surface area contributed by atoms with Gasteiger partial charge in [-0.25, -0.2) is 17.5 Å². The maximum Gasteiger partial charge on any atom is 0.488 e. The predicted molar refractivity (Wildman–Crippen MR) is 52.5 cm³/mol. The van der Waals surface area contributed by atoms with Gasteiger partial charge in [-0.1, -0.05) is 6.07 Å². The molecule has 3 N–H and O–H groups in total. The lowest BCUT2D eigenvalue weighted by Gasteiger charge is -2.06. The van der Waals surface area contributed by atoms with E-state index in [9.17, 15) is 12.8 Å². The predicted octanol–water partition coefficient (Wildman–Crippen LogP) is -1.59. The molecule has 8 heteroatoms. The first-order valence-electron chi connectivity index (χ1n) is 3.97. The minimum absolute atomic E-state index is 0.0924. The average molecular weight is 233 g/mol. The van der Waals surface area contributed by atoms with E-state index in [2.05, 4.69) is 0 Å². The largest absolute Gasteiger partial charge is 0.488 e. The molecule has 0 saturated carbocycles. The Hall–Kier alpha value is -0.955. The number of sulfonamides is 1. The van der Waals surface area contributed by atoms with Crippen LogP contribution >= 0.6 is 0 Å². The molecule has 1 aromatic rings. The van der Waals surface area contributed by atoms with Crippen LogP contribution in [-0.4, -0.2) is 32.6 Å². The average Bonchev–Trinajstić information content (AvgIpc) is 2.17. The quantitative estimate of drug-likeness (QED) is 0.549. The van der Waals surface area contributed by atoms with Gasteiger partial charge in [-0.15, -0.1) is 0 Å². The molecule has 1 rings (SSSR count). The zero-order chi connectivity index (χ0) is 11.6. The molecule has 0 fully saturated rings. The minimum atomic E-state index is -3.93. The fourth-order valence-electron chi connectivity index (χ4n) is 0.996. The third-order valence-electron chi connectivity index (χ3n) is 1.81. The molecular formula is C7H9BFNO4S. The van der Waals surface area contributed by atoms with Crippen LogP contribution in [0.2, 0.25) is 0 Å². The first-order valence-corrected chi connectivity index (χ1v) is 5.46. The lowest BCUT2D eigenvalue weighted by molar-refractivity contribution is 0.425. The van der Waals surface area contributed by atoms with Gasteiger partial charge in [0.15, 0.2) is 0 Å². The molecule has 0 spiro atoms. The van der Waals surface area contributed by atoms with Gasteiger partial charge in [0.05, 0.1) is 0 Å². The Morgan fingerprint density at radius 2 is 2.00 bits per heavy atom. The van der Waals surface area contributed by atoms with Crippen molar-refractivity contribution in [2.45, 2.75) is 4.90 Å². The molecule has 5 nitrogen and oxygen atoms in total. The molecular weight excluding hydrogens is 224 g/mol. The number of nitrogens with one attached hydrogen (secondary N) is 1. The van der Waals surface area contributed by atoms with Crippen molar-refractivity contribution in [3.63, 3.8) is 0 Å². The van der Waals surface area contributed by atoms with E-state index < -0.39 is 27.9 Å². The van der Waals surface area contributed by atoms with Crippen molar-refractivity contribution in [3.05, 3.63) is 24.0 Å². The monoisotopic (exact) mass is 233 g/mol. The van der Waals surface area contributed by atoms with Crippen molar-refractivity contribution < 1.29 is 22.9 Å². The molecule has 0 heterocycles. The molecule has 0 aliphatic heterocycles. The topological polar surface area (TPSA) is 86.6 Å². The molecule has 0 atom stereocenters. The number of rotatable bonds is 3. The second kappa shape index (κ2) is 4.27. The van der Waals surface area contributed by atoms with Crippen molar-refractivity contribution in [2.24, 2.45) is 0 Å². The maximum absolute atomic E-state index is 13.1. The van der Waals surface area contributed by atoms with Crippen molar-refractivity contribution in [2.75, 3.05) is 7.05 Å². The van der Waals surface area contributed by atoms with Gasteiger partial charge in [0.25, 0.3) is 0 Å². The minimum Gasteiger partial charge on any atom is -0.423 e. The molecule has 0 aromatic heterocycles. The summed E-state index contributed by atoms with van der Waals surface area (Å²) in [7, 11) is -4.63. The highest BCUT2D eigenvalue weighted by Gasteiger charge is 2.20. The van der Waals surface area contributed by atoms with Gasteiger partial charge in [-0.3, -0.25) is 0 Å². The van der Waals surface area contributed by atoms with Crippen molar-refractivity contribution in [3.8, 4) is 0 Å². The number of halogens is 1. The summed E-state index contributed by atoms with van der Waals surface area (Å²) in [4.78, 5) is -0.615. The third-order valence-corrected chi connectivity index (χ3v) is 3.24. The lowest BCUT2D eigenvalue weighted by Crippen LogP contribution is -2.31. The maximum atomic E-state index is 13.1. The second-order valence-corrected chi connectivity index (χ2v) is 4.63. The molecule has 0 unspecified atom stereocenters. The standard InChI is InChI=1S/C7H9BFNO4S/c1-10-15(13,14)7-4-5(8(11)12)2-3-6(7)9/h2-4,10-12H,1H3. The summed E-state index contributed by atoms with van der Waals surface area (Å²) in [6.07, 6.45) is 0. The first-order chi connectivity index (χ1) is 6.88. The lowest BCUT2D eigenvalue weighted by atomic mass is 9.80. The molecule has 82 valence electrons. The summed E-state index contributed by atoms with van der Waals surface area (Å²) in [6, 6.07) is 2.82. The van der Waals surface area contributed by atoms with Gasteiger partial charge in [-0.2, -0.15) is 0 Å². The highest BCUT2D eigenvalue weighted by Crippen LogP contribution is 2.11. The molecule has 0 radical (unpaired) electrons. The fourth-order valence-corrected chi connectivity index (χ4v) is 1.83. The summed E-state index contributed by atoms with van der Waals surface area (Å²) in [6.45, 7) is 0. The van der Waals surface area contributed by atoms with Gasteiger partial charge in [0, 0.05) is 0 Å². The molecule has 0 saturated heterocycles. The highest BCUT2D eigenvalue weighted by molar-refractivity contribution is 7.89. The Balaban J connectivity index is 3.35. The van der Waals surface area contributed by atoms with Crippen molar-refractivity contribution >= 4 is 22.6 Å². The zero-order valence-electron chi connectivity index (χ0n) is 7.81. The van der Waals surface area contributed by atoms with E-state index in [4.69, 9.17) is 10.0 Å². The Kier molecular flexibility index (Phi) is 3.45. The zero-order valence-corrected chi connectivity index (χ0v) is 8.62. The van der Waals surface area contributed by atoms with Crippen LogP contribution in [0.3, 0.4) is 0 Å². The molecule has 0 bridgehead atoms. The number of hydrogen-bond donors (Lipinski definition) is 3. The van der Waals surface area contributed by atoms with E-state index >= 15 is 0 Å². The van der Waals surface area contributed by atoms with Crippen LogP contribution in [0.5, 0.6) is 0 Å². The summed E-state index contributed by atoms with van der Waals surface area (Å²) < 4.78 is 37.6. The van der Waals surface area contributed by atoms with Gasteiger partial charge in [0.2, 0.25) is 10.0 Å². The van der Waals surface area contributed by atoms with Gasteiger partial charge < -0.3 is 10.0 Å². The van der Waals surface area contributed by atoms with Gasteiger partial charge >= 0.3 is 7.12 Å². The van der Waals surface area contributed by atoms with E-state index in [0.29, 0.717) is 0 Å². The van der Waals surface area contributed by atoms with E-state index in [1.54, 1.807) is 0 Å². The Labute approximate surface area is 86.8 Å². The van der Waals surface area contributed by atoms with Gasteiger partial charge in [0.1, 0.15) is 10.7 Å². The van der Waals surface area contributed by atoms with Crippen LogP contribution in [0, 0.1) is 5.82 Å². The van der Waals surface area contributed by atoms with Crippen LogP contribution in [-0.2, 0) is 10.0 Å². The normalized spacial score (nSPS) is 11.5. The SMILES string of the molecule is CNS(=O)(=O)c1cc(B(O)O)ccc1F. The Morgan fingerprint density at radius 3 is 2.47 bits per heavy atom. The van der Waals surface area contributed by atoms with Gasteiger partial charge in [-0.05, 0) is 24.6 Å². The number of benzene rings is 1. The molecule has 1 aromatic carbocycles. The van der Waals surface area contributed by atoms with E-state index in [1.165, 1.54) is 0 Å². The van der Waals surface area contributed by atoms with Crippen molar-refractivity contribution in [1.29, 1.82) is 0 Å². The second-order valence-electron chi connectivity index (χ2n) is 2.77. The van der Waals surface area contributed by atoms with Crippen LogP contribution < -0.4 is 10.2 Å². The molecule has 15 heavy (non-hydrogen) atoms. The summed E-state index contributed by atoms with van der Waals surface area (Å²) in [5, 5.41) is 17.6. The number of hydrogen-bond acceptors (Lipinski definition) is 4. The van der Waals surface area contributed by atoms with E-state index in [0.717, 1.165) is 25.2 Å². The Bertz CT molecular complexity index is 462. The smallest absolute Gasteiger partial charge is 0.423 e. The summed E-state index contributed by atoms with van der Waals surface area (Å²) in [5.41, 5.74) is -0.0924. The molecule has 0 aliphatic rings. The van der Waals surface area contributed by atoms with Crippen LogP contribution in [0.15, 0.2) is 23.1 Å². The fraction of sp³-hybridized carbons (Fsp3) is 0.143. The Morgan fingerprint density at radius 1 is 1.40 bits per heavy atom. The van der Waals surface area contributed by atoms with Crippen LogP contribution in [0.4, 0.5) is 4.39 Å². The highest BCUT2D eigenvalue weighted by atomic mass is 32.2. The van der Waals surface area contributed by atoms with Crippen LogP contribution in [0.1, 0.15) is 0 Å². The van der Waals surface area contributed by atoms with Crippen LogP contribution in [0.25, 0.3) is 0 Å². The molecule has 0 amide bonds. The molecule has 0 aliphatic carbocycles. The first kappa shape index (κ1) is 12.1. The van der Waals surface area contributed by atoms with E-state index in [1.807, 2.05) is 4.72 Å². The summed E-state index contributed by atoms with van der Waals surface area (Å²) >= 11 is 0. The van der Waals surface area contributed by atoms with E-state index in [-0.39, 0.29) is 5.46 Å². The third kappa shape index (κ3) is 2.54. The summed E-state index contributed by atoms with van der Waals surface area (Å²) in [5.74, 6) is -0.950.